The molecule has 11 rings (SSSR count). The van der Waals surface area contributed by atoms with Gasteiger partial charge in [0.2, 0.25) is 10.0 Å². The number of rotatable bonds is 14. The number of benzene rings is 9. The first-order chi connectivity index (χ1) is 40.5. The third kappa shape index (κ3) is 15.5. The number of hydrogen-bond donors (Lipinski definition) is 4. The number of fused-ring (bicyclic) bond motifs is 4. The van der Waals surface area contributed by atoms with E-state index >= 15 is 0 Å². The van der Waals surface area contributed by atoms with E-state index < -0.39 is 55.2 Å². The maximum Gasteiger partial charge on any atom is 0.263 e. The molecule has 0 aliphatic heterocycles. The molecular formula is C63H57N7O10S5. The van der Waals surface area contributed by atoms with E-state index in [9.17, 15) is 42.1 Å². The summed E-state index contributed by atoms with van der Waals surface area (Å²) in [5.74, 6) is 0. The zero-order chi connectivity index (χ0) is 61.0. The van der Waals surface area contributed by atoms with Crippen molar-refractivity contribution in [3.63, 3.8) is 0 Å². The molecule has 0 aliphatic rings. The number of hydrogen-bond acceptors (Lipinski definition) is 13. The highest BCUT2D eigenvalue weighted by molar-refractivity contribution is 7.94. The molecule has 9 aromatic carbocycles. The molecule has 0 bridgehead atoms. The summed E-state index contributed by atoms with van der Waals surface area (Å²) >= 11 is 0. The Balaban J connectivity index is 0.000000149. The van der Waals surface area contributed by atoms with E-state index in [0.717, 1.165) is 61.3 Å². The predicted octanol–water partition coefficient (Wildman–Crippen LogP) is 12.5. The summed E-state index contributed by atoms with van der Waals surface area (Å²) in [6.45, 7) is 5.35. The van der Waals surface area contributed by atoms with Crippen LogP contribution in [0.25, 0.3) is 43.1 Å². The maximum absolute atomic E-state index is 12.5. The monoisotopic (exact) mass is 1230 g/mol. The molecule has 2 aromatic heterocycles. The van der Waals surface area contributed by atoms with Crippen LogP contribution in [0.5, 0.6) is 0 Å². The van der Waals surface area contributed by atoms with Gasteiger partial charge >= 0.3 is 0 Å². The molecule has 434 valence electrons. The first kappa shape index (κ1) is 61.8. The van der Waals surface area contributed by atoms with E-state index in [-0.39, 0.29) is 25.1 Å². The Hall–Kier alpha value is -9.24. The normalized spacial score (nSPS) is 11.7. The summed E-state index contributed by atoms with van der Waals surface area (Å²) in [5.41, 5.74) is 3.33. The zero-order valence-electron chi connectivity index (χ0n) is 46.2. The van der Waals surface area contributed by atoms with Crippen molar-refractivity contribution in [1.29, 1.82) is 5.26 Å². The number of nitrogens with one attached hydrogen (secondary N) is 4. The van der Waals surface area contributed by atoms with Gasteiger partial charge in [-0.1, -0.05) is 128 Å². The van der Waals surface area contributed by atoms with Crippen LogP contribution < -0.4 is 18.9 Å². The highest BCUT2D eigenvalue weighted by atomic mass is 32.2. The van der Waals surface area contributed by atoms with Gasteiger partial charge in [-0.3, -0.25) is 28.9 Å². The number of nitriles is 1. The van der Waals surface area contributed by atoms with Gasteiger partial charge in [0.1, 0.15) is 11.0 Å². The van der Waals surface area contributed by atoms with Gasteiger partial charge < -0.3 is 0 Å². The number of sulfonamides is 4. The molecule has 0 unspecified atom stereocenters. The van der Waals surface area contributed by atoms with Crippen molar-refractivity contribution in [2.45, 2.75) is 52.0 Å². The Bertz CT molecular complexity index is 4830. The molecule has 0 fully saturated rings. The van der Waals surface area contributed by atoms with E-state index in [1.165, 1.54) is 36.4 Å². The van der Waals surface area contributed by atoms with Crippen LogP contribution in [-0.2, 0) is 56.4 Å². The second kappa shape index (κ2) is 26.6. The lowest BCUT2D eigenvalue weighted by Crippen LogP contribution is -2.22. The van der Waals surface area contributed by atoms with E-state index in [1.807, 2.05) is 110 Å². The Morgan fingerprint density at radius 3 is 1.21 bits per heavy atom. The summed E-state index contributed by atoms with van der Waals surface area (Å²) in [7, 11) is -17.9. The SMILES string of the molecule is CC(C)S(=O)(=O)Nc1cccc2ccccc12.CCc1ccc(S(=O)(=O)Nc2cccc3cnccc23)cc1.CS(=O)(=O)c1ccc(S(=O)(=O)Nc2cccc3ccccc23)cc1.N#Cc1ccccc1S(=O)(=O)Nc1cccc2cnccc12. The van der Waals surface area contributed by atoms with Crippen molar-refractivity contribution >= 4 is 116 Å². The summed E-state index contributed by atoms with van der Waals surface area (Å²) < 4.78 is 132. The molecule has 17 nitrogen and oxygen atoms in total. The zero-order valence-corrected chi connectivity index (χ0v) is 50.3. The van der Waals surface area contributed by atoms with Gasteiger partial charge in [0.25, 0.3) is 30.1 Å². The van der Waals surface area contributed by atoms with Crippen molar-refractivity contribution in [2.24, 2.45) is 0 Å². The molecule has 11 aromatic rings. The highest BCUT2D eigenvalue weighted by Crippen LogP contribution is 2.30. The predicted molar refractivity (Wildman–Crippen MR) is 338 cm³/mol. The lowest BCUT2D eigenvalue weighted by atomic mass is 10.1. The van der Waals surface area contributed by atoms with Gasteiger partial charge in [0.05, 0.1) is 48.2 Å². The van der Waals surface area contributed by atoms with Crippen LogP contribution in [0.1, 0.15) is 31.9 Å². The van der Waals surface area contributed by atoms with E-state index in [0.29, 0.717) is 22.7 Å². The average Bonchev–Trinajstić information content (AvgIpc) is 3.30. The minimum Gasteiger partial charge on any atom is -0.283 e. The molecule has 0 atom stereocenters. The van der Waals surface area contributed by atoms with Crippen molar-refractivity contribution < 1.29 is 42.1 Å². The van der Waals surface area contributed by atoms with Gasteiger partial charge in [-0.2, -0.15) is 5.26 Å². The molecule has 0 amide bonds. The lowest BCUT2D eigenvalue weighted by molar-refractivity contribution is 0.592. The van der Waals surface area contributed by atoms with Crippen molar-refractivity contribution in [3.8, 4) is 6.07 Å². The Morgan fingerprint density at radius 2 is 0.776 bits per heavy atom. The number of anilines is 4. The van der Waals surface area contributed by atoms with Crippen LogP contribution in [0, 0.1) is 11.3 Å². The molecule has 0 saturated heterocycles. The second-order valence-corrected chi connectivity index (χ2v) is 28.5. The van der Waals surface area contributed by atoms with E-state index in [1.54, 1.807) is 111 Å². The quantitative estimate of drug-likeness (QED) is 0.0790. The highest BCUT2D eigenvalue weighted by Gasteiger charge is 2.21. The third-order valence-corrected chi connectivity index (χ3v) is 20.1. The van der Waals surface area contributed by atoms with Gasteiger partial charge in [-0.25, -0.2) is 42.1 Å². The van der Waals surface area contributed by atoms with Crippen LogP contribution >= 0.6 is 0 Å². The molecule has 0 aliphatic carbocycles. The Kier molecular flexibility index (Phi) is 19.3. The fourth-order valence-corrected chi connectivity index (χ4v) is 13.2. The summed E-state index contributed by atoms with van der Waals surface area (Å²) in [6, 6.07) is 60.4. The molecule has 0 saturated carbocycles. The molecule has 4 N–H and O–H groups in total. The first-order valence-electron chi connectivity index (χ1n) is 26.1. The van der Waals surface area contributed by atoms with Crippen LogP contribution in [0.2, 0.25) is 0 Å². The number of aryl methyl sites for hydroxylation is 1. The standard InChI is InChI=1S/C17H16N2O2S.C17H15NO4S2.C16H11N3O2S.C13H15NO2S/c1-2-13-6-8-15(9-7-13)22(20,21)19-17-5-3-4-14-12-18-11-10-16(14)17;1-23(19,20)14-9-11-15(12-10-14)24(21,22)18-17-8-4-6-13-5-2-3-7-16(13)17;17-10-12-4-1-2-7-16(12)22(20,21)19-15-6-3-5-13-11-18-9-8-14(13)15;1-10(2)17(15,16)14-13-9-5-7-11-6-3-4-8-12(11)13/h3-12,19H,2H2,1H3;2-12,18H,1H3;1-9,11,19H;3-10,14H,1-2H3. The third-order valence-electron chi connectivity index (χ3n) is 13.0. The van der Waals surface area contributed by atoms with Gasteiger partial charge in [0.15, 0.2) is 9.84 Å². The van der Waals surface area contributed by atoms with Crippen LogP contribution in [0.3, 0.4) is 0 Å². The van der Waals surface area contributed by atoms with Crippen LogP contribution in [0.4, 0.5) is 22.7 Å². The maximum atomic E-state index is 12.5. The number of nitrogens with zero attached hydrogens (tertiary/aromatic N) is 3. The molecule has 22 heteroatoms. The van der Waals surface area contributed by atoms with Crippen molar-refractivity contribution in [1.82, 2.24) is 9.97 Å². The number of aromatic nitrogens is 2. The summed E-state index contributed by atoms with van der Waals surface area (Å²) in [4.78, 5) is 8.37. The van der Waals surface area contributed by atoms with E-state index in [4.69, 9.17) is 5.26 Å². The molecular weight excluding hydrogens is 1180 g/mol. The number of sulfone groups is 1. The summed E-state index contributed by atoms with van der Waals surface area (Å²) in [5, 5.41) is 15.6. The Morgan fingerprint density at radius 1 is 0.412 bits per heavy atom. The van der Waals surface area contributed by atoms with Crippen molar-refractivity contribution in [2.75, 3.05) is 25.1 Å². The topological polar surface area (TPSA) is 268 Å². The molecule has 0 radical (unpaired) electrons. The molecule has 85 heavy (non-hydrogen) atoms. The Labute approximate surface area is 495 Å². The van der Waals surface area contributed by atoms with Crippen LogP contribution in [0.15, 0.2) is 251 Å². The van der Waals surface area contributed by atoms with Gasteiger partial charge in [-0.15, -0.1) is 0 Å². The van der Waals surface area contributed by atoms with Gasteiger partial charge in [0, 0.05) is 63.4 Å². The van der Waals surface area contributed by atoms with Crippen LogP contribution in [-0.4, -0.2) is 63.6 Å². The summed E-state index contributed by atoms with van der Waals surface area (Å²) in [6.07, 6.45) is 8.58. The smallest absolute Gasteiger partial charge is 0.263 e. The minimum absolute atomic E-state index is 0.00262. The van der Waals surface area contributed by atoms with E-state index in [2.05, 4.69) is 28.9 Å². The van der Waals surface area contributed by atoms with Crippen molar-refractivity contribution in [3.05, 3.63) is 242 Å². The fraction of sp³-hybridized carbons (Fsp3) is 0.0952. The largest absolute Gasteiger partial charge is 0.283 e. The lowest BCUT2D eigenvalue weighted by Gasteiger charge is -2.12. The van der Waals surface area contributed by atoms with Gasteiger partial charge in [-0.05, 0) is 122 Å². The number of pyridine rings is 2. The first-order valence-corrected chi connectivity index (χ1v) is 34.0. The average molecular weight is 1230 g/mol. The molecule has 2 heterocycles. The molecule has 0 spiro atoms. The fourth-order valence-electron chi connectivity index (χ4n) is 8.49. The second-order valence-electron chi connectivity index (χ2n) is 19.2. The minimum atomic E-state index is -3.84.